The topological polar surface area (TPSA) is 80.8 Å². The number of halogens is 1. The van der Waals surface area contributed by atoms with Gasteiger partial charge in [0.2, 0.25) is 5.91 Å². The van der Waals surface area contributed by atoms with Crippen LogP contribution in [0.4, 0.5) is 33.1 Å². The molecule has 192 valence electrons. The number of benzene rings is 2. The van der Waals surface area contributed by atoms with Crippen LogP contribution in [0.15, 0.2) is 60.7 Å². The molecule has 2 amide bonds. The van der Waals surface area contributed by atoms with Gasteiger partial charge < -0.3 is 25.3 Å². The zero-order chi connectivity index (χ0) is 26.1. The van der Waals surface area contributed by atoms with Gasteiger partial charge in [-0.2, -0.15) is 0 Å². The molecule has 2 N–H and O–H groups in total. The Balaban J connectivity index is 1.39. The minimum absolute atomic E-state index is 0.0809. The lowest BCUT2D eigenvalue weighted by Crippen LogP contribution is -2.49. The smallest absolute Gasteiger partial charge is 0.251 e. The summed E-state index contributed by atoms with van der Waals surface area (Å²) in [6.07, 6.45) is 1.89. The fourth-order valence-electron chi connectivity index (χ4n) is 4.90. The molecule has 8 nitrogen and oxygen atoms in total. The van der Waals surface area contributed by atoms with Gasteiger partial charge >= 0.3 is 0 Å². The van der Waals surface area contributed by atoms with Crippen molar-refractivity contribution in [2.24, 2.45) is 0 Å². The lowest BCUT2D eigenvalue weighted by Gasteiger charge is -2.39. The number of carbonyl (C=O) groups excluding carboxylic acids is 2. The van der Waals surface area contributed by atoms with Crippen LogP contribution in [0.5, 0.6) is 0 Å². The summed E-state index contributed by atoms with van der Waals surface area (Å²) in [5.74, 6) is 0.631. The minimum atomic E-state index is -0.516. The summed E-state index contributed by atoms with van der Waals surface area (Å²) in [6, 6.07) is 16.6. The quantitative estimate of drug-likeness (QED) is 0.542. The fourth-order valence-corrected chi connectivity index (χ4v) is 4.90. The summed E-state index contributed by atoms with van der Waals surface area (Å²) in [5, 5.41) is 6.44. The lowest BCUT2D eigenvalue weighted by molar-refractivity contribution is -0.119. The first kappa shape index (κ1) is 24.7. The molecule has 1 fully saturated rings. The van der Waals surface area contributed by atoms with E-state index in [0.29, 0.717) is 28.6 Å². The van der Waals surface area contributed by atoms with E-state index >= 15 is 0 Å². The summed E-state index contributed by atoms with van der Waals surface area (Å²) in [5.41, 5.74) is 2.64. The molecule has 2 aliphatic heterocycles. The Morgan fingerprint density at radius 1 is 1.03 bits per heavy atom. The second kappa shape index (κ2) is 10.2. The van der Waals surface area contributed by atoms with E-state index in [9.17, 15) is 14.0 Å². The zero-order valence-corrected chi connectivity index (χ0v) is 21.2. The van der Waals surface area contributed by atoms with E-state index in [1.54, 1.807) is 49.2 Å². The molecule has 2 aliphatic rings. The van der Waals surface area contributed by atoms with Gasteiger partial charge in [0.05, 0.1) is 5.69 Å². The first-order valence-electron chi connectivity index (χ1n) is 12.5. The molecular formula is C28H31FN6O2. The number of likely N-dealkylation sites (tertiary alicyclic amines) is 1. The van der Waals surface area contributed by atoms with E-state index in [4.69, 9.17) is 4.98 Å². The van der Waals surface area contributed by atoms with Gasteiger partial charge in [-0.1, -0.05) is 6.07 Å². The summed E-state index contributed by atoms with van der Waals surface area (Å²) in [4.78, 5) is 36.3. The number of nitrogens with one attached hydrogen (secondary N) is 2. The molecular weight excluding hydrogens is 471 g/mol. The minimum Gasteiger partial charge on any atom is -0.349 e. The number of likely N-dealkylation sites (N-methyl/N-ethyl adjacent to an activating group) is 1. The van der Waals surface area contributed by atoms with Crippen molar-refractivity contribution in [2.45, 2.75) is 31.8 Å². The van der Waals surface area contributed by atoms with Crippen LogP contribution in [-0.2, 0) is 4.79 Å². The number of hydrogen-bond donors (Lipinski definition) is 2. The number of nitrogens with zero attached hydrogens (tertiary/aromatic N) is 4. The number of anilines is 5. The van der Waals surface area contributed by atoms with Crippen molar-refractivity contribution >= 4 is 40.5 Å². The van der Waals surface area contributed by atoms with Crippen LogP contribution >= 0.6 is 0 Å². The van der Waals surface area contributed by atoms with Crippen molar-refractivity contribution in [3.8, 4) is 0 Å². The van der Waals surface area contributed by atoms with Crippen molar-refractivity contribution < 1.29 is 14.0 Å². The molecule has 1 atom stereocenters. The van der Waals surface area contributed by atoms with Crippen LogP contribution in [0, 0.1) is 5.82 Å². The molecule has 0 saturated carbocycles. The number of amides is 2. The maximum absolute atomic E-state index is 13.6. The normalized spacial score (nSPS) is 18.5. The van der Waals surface area contributed by atoms with Crippen LogP contribution in [0.1, 0.15) is 30.1 Å². The SMILES string of the molecule is C[C@H]1C(=O)N(C)c2ccc(Nc3cccc(C(=O)NC4CCN(C)CC4)c3)nc2N1c1ccc(F)cc1. The van der Waals surface area contributed by atoms with E-state index in [2.05, 4.69) is 22.6 Å². The number of fused-ring (bicyclic) bond motifs is 1. The first-order chi connectivity index (χ1) is 17.8. The van der Waals surface area contributed by atoms with Gasteiger partial charge in [0.1, 0.15) is 17.7 Å². The third kappa shape index (κ3) is 5.13. The van der Waals surface area contributed by atoms with Crippen molar-refractivity contribution in [1.82, 2.24) is 15.2 Å². The number of piperidine rings is 1. The molecule has 5 rings (SSSR count). The van der Waals surface area contributed by atoms with Gasteiger partial charge in [0, 0.05) is 30.0 Å². The monoisotopic (exact) mass is 502 g/mol. The van der Waals surface area contributed by atoms with Crippen molar-refractivity contribution in [3.63, 3.8) is 0 Å². The second-order valence-electron chi connectivity index (χ2n) is 9.72. The molecule has 3 heterocycles. The predicted molar refractivity (Wildman–Crippen MR) is 143 cm³/mol. The Morgan fingerprint density at radius 2 is 1.76 bits per heavy atom. The molecule has 2 aromatic carbocycles. The van der Waals surface area contributed by atoms with Crippen molar-refractivity contribution in [2.75, 3.05) is 42.3 Å². The van der Waals surface area contributed by atoms with Crippen molar-refractivity contribution in [3.05, 3.63) is 72.0 Å². The molecule has 0 bridgehead atoms. The molecule has 37 heavy (non-hydrogen) atoms. The second-order valence-corrected chi connectivity index (χ2v) is 9.72. The number of hydrogen-bond acceptors (Lipinski definition) is 6. The van der Waals surface area contributed by atoms with Crippen LogP contribution in [0.2, 0.25) is 0 Å². The third-order valence-corrected chi connectivity index (χ3v) is 7.08. The summed E-state index contributed by atoms with van der Waals surface area (Å²) in [6.45, 7) is 3.76. The van der Waals surface area contributed by atoms with E-state index in [1.165, 1.54) is 12.1 Å². The number of rotatable bonds is 5. The number of pyridine rings is 1. The Bertz CT molecular complexity index is 1310. The van der Waals surface area contributed by atoms with Gasteiger partial charge in [0.25, 0.3) is 5.91 Å². The van der Waals surface area contributed by atoms with E-state index in [0.717, 1.165) is 31.6 Å². The Kier molecular flexibility index (Phi) is 6.80. The summed E-state index contributed by atoms with van der Waals surface area (Å²) >= 11 is 0. The first-order valence-corrected chi connectivity index (χ1v) is 12.5. The summed E-state index contributed by atoms with van der Waals surface area (Å²) in [7, 11) is 3.82. The maximum Gasteiger partial charge on any atom is 0.251 e. The number of aromatic nitrogens is 1. The highest BCUT2D eigenvalue weighted by molar-refractivity contribution is 6.06. The highest BCUT2D eigenvalue weighted by atomic mass is 19.1. The average molecular weight is 503 g/mol. The molecule has 0 spiro atoms. The maximum atomic E-state index is 13.6. The Labute approximate surface area is 216 Å². The lowest BCUT2D eigenvalue weighted by atomic mass is 10.0. The van der Waals surface area contributed by atoms with Crippen LogP contribution < -0.4 is 20.4 Å². The summed E-state index contributed by atoms with van der Waals surface area (Å²) < 4.78 is 13.6. The van der Waals surface area contributed by atoms with Gasteiger partial charge in [-0.25, -0.2) is 9.37 Å². The van der Waals surface area contributed by atoms with Crippen LogP contribution in [0.25, 0.3) is 0 Å². The van der Waals surface area contributed by atoms with E-state index in [-0.39, 0.29) is 23.7 Å². The molecule has 0 unspecified atom stereocenters. The number of carbonyl (C=O) groups is 2. The Morgan fingerprint density at radius 3 is 2.49 bits per heavy atom. The third-order valence-electron chi connectivity index (χ3n) is 7.08. The van der Waals surface area contributed by atoms with Crippen LogP contribution in [-0.4, -0.2) is 61.0 Å². The molecule has 1 saturated heterocycles. The van der Waals surface area contributed by atoms with Gasteiger partial charge in [-0.05, 0) is 94.5 Å². The van der Waals surface area contributed by atoms with E-state index < -0.39 is 6.04 Å². The predicted octanol–water partition coefficient (Wildman–Crippen LogP) is 4.29. The molecule has 1 aromatic heterocycles. The van der Waals surface area contributed by atoms with Crippen LogP contribution in [0.3, 0.4) is 0 Å². The fraction of sp³-hybridized carbons (Fsp3) is 0.321. The van der Waals surface area contributed by atoms with Gasteiger partial charge in [0.15, 0.2) is 5.82 Å². The van der Waals surface area contributed by atoms with E-state index in [1.807, 2.05) is 23.1 Å². The zero-order valence-electron chi connectivity index (χ0n) is 21.2. The molecule has 0 aliphatic carbocycles. The van der Waals surface area contributed by atoms with Gasteiger partial charge in [-0.15, -0.1) is 0 Å². The van der Waals surface area contributed by atoms with Crippen molar-refractivity contribution in [1.29, 1.82) is 0 Å². The average Bonchev–Trinajstić information content (AvgIpc) is 2.90. The van der Waals surface area contributed by atoms with Gasteiger partial charge in [-0.3, -0.25) is 9.59 Å². The molecule has 9 heteroatoms. The standard InChI is InChI=1S/C28H31FN6O2/c1-18-28(37)34(3)24-11-12-25(32-26(24)35(18)23-9-7-20(29)8-10-23)30-22-6-4-5-19(17-22)27(36)31-21-13-15-33(2)16-14-21/h4-12,17-18,21H,13-16H2,1-3H3,(H,30,32)(H,31,36)/t18-/m0/s1. The Hall–Kier alpha value is -3.98. The highest BCUT2D eigenvalue weighted by Crippen LogP contribution is 2.40. The largest absolute Gasteiger partial charge is 0.349 e. The highest BCUT2D eigenvalue weighted by Gasteiger charge is 2.35. The molecule has 0 radical (unpaired) electrons. The molecule has 3 aromatic rings.